The van der Waals surface area contributed by atoms with Crippen molar-refractivity contribution in [2.75, 3.05) is 38.8 Å². The second kappa shape index (κ2) is 12.4. The van der Waals surface area contributed by atoms with Gasteiger partial charge in [-0.1, -0.05) is 24.3 Å². The fourth-order valence-electron chi connectivity index (χ4n) is 3.45. The fourth-order valence-corrected chi connectivity index (χ4v) is 3.45. The minimum absolute atomic E-state index is 0. The first kappa shape index (κ1) is 24.8. The van der Waals surface area contributed by atoms with Crippen molar-refractivity contribution in [1.82, 2.24) is 10.6 Å². The summed E-state index contributed by atoms with van der Waals surface area (Å²) in [7, 11) is 3.35. The number of nitrogens with zero attached hydrogens (tertiary/aromatic N) is 2. The molecule has 1 heterocycles. The van der Waals surface area contributed by atoms with Gasteiger partial charge in [0.2, 0.25) is 0 Å². The van der Waals surface area contributed by atoms with E-state index in [0.717, 1.165) is 42.7 Å². The van der Waals surface area contributed by atoms with Crippen molar-refractivity contribution in [3.63, 3.8) is 0 Å². The first-order valence-electron chi connectivity index (χ1n) is 10.4. The molecule has 31 heavy (non-hydrogen) atoms. The lowest BCUT2D eigenvalue weighted by molar-refractivity contribution is 0.394. The van der Waals surface area contributed by atoms with Crippen LogP contribution < -0.4 is 25.0 Å². The van der Waals surface area contributed by atoms with Crippen molar-refractivity contribution in [1.29, 1.82) is 0 Å². The first-order valence-corrected chi connectivity index (χ1v) is 10.4. The van der Waals surface area contributed by atoms with Gasteiger partial charge in [0.25, 0.3) is 0 Å². The number of ether oxygens (including phenoxy) is 2. The van der Waals surface area contributed by atoms with Crippen LogP contribution in [-0.2, 0) is 6.54 Å². The summed E-state index contributed by atoms with van der Waals surface area (Å²) >= 11 is 0. The maximum atomic E-state index is 5.53. The van der Waals surface area contributed by atoms with Gasteiger partial charge < -0.3 is 25.0 Å². The second-order valence-electron chi connectivity index (χ2n) is 7.21. The number of guanidine groups is 1. The number of halogens is 1. The Labute approximate surface area is 202 Å². The fraction of sp³-hybridized carbons (Fsp3) is 0.375. The van der Waals surface area contributed by atoms with Crippen LogP contribution in [0.25, 0.3) is 0 Å². The average molecular weight is 536 g/mol. The summed E-state index contributed by atoms with van der Waals surface area (Å²) in [5, 5.41) is 6.80. The zero-order valence-corrected chi connectivity index (χ0v) is 21.1. The Balaban J connectivity index is 0.00000341. The lowest BCUT2D eigenvalue weighted by Gasteiger charge is -2.21. The van der Waals surface area contributed by atoms with Crippen LogP contribution in [0, 0.1) is 0 Å². The highest BCUT2D eigenvalue weighted by molar-refractivity contribution is 14.0. The Morgan fingerprint density at radius 3 is 2.39 bits per heavy atom. The summed E-state index contributed by atoms with van der Waals surface area (Å²) in [5.41, 5.74) is 3.44. The molecule has 0 saturated carbocycles. The molecular weight excluding hydrogens is 503 g/mol. The van der Waals surface area contributed by atoms with Crippen LogP contribution in [0.4, 0.5) is 5.69 Å². The molecular formula is C24H33IN4O2. The lowest BCUT2D eigenvalue weighted by Crippen LogP contribution is -2.38. The van der Waals surface area contributed by atoms with Gasteiger partial charge in [-0.3, -0.25) is 0 Å². The van der Waals surface area contributed by atoms with E-state index in [1.807, 2.05) is 18.2 Å². The molecule has 0 aromatic heterocycles. The van der Waals surface area contributed by atoms with Gasteiger partial charge in [-0.05, 0) is 49.7 Å². The highest BCUT2D eigenvalue weighted by Crippen LogP contribution is 2.29. The molecule has 7 heteroatoms. The Kier molecular flexibility index (Phi) is 9.97. The molecule has 1 aliphatic rings. The third kappa shape index (κ3) is 6.78. The smallest absolute Gasteiger partial charge is 0.192 e. The normalized spacial score (nSPS) is 14.1. The van der Waals surface area contributed by atoms with Crippen LogP contribution in [0.15, 0.2) is 59.6 Å². The van der Waals surface area contributed by atoms with Crippen molar-refractivity contribution < 1.29 is 9.47 Å². The number of nitrogens with one attached hydrogen (secondary N) is 2. The Hall–Kier alpha value is -2.42. The van der Waals surface area contributed by atoms with E-state index in [2.05, 4.69) is 65.8 Å². The van der Waals surface area contributed by atoms with E-state index in [4.69, 9.17) is 14.5 Å². The van der Waals surface area contributed by atoms with Gasteiger partial charge in [0.05, 0.1) is 26.8 Å². The molecule has 0 fully saturated rings. The molecule has 0 amide bonds. The average Bonchev–Trinajstić information content (AvgIpc) is 3.32. The molecule has 0 bridgehead atoms. The summed E-state index contributed by atoms with van der Waals surface area (Å²) in [4.78, 5) is 7.11. The maximum Gasteiger partial charge on any atom is 0.192 e. The number of hydrogen-bond acceptors (Lipinski definition) is 4. The van der Waals surface area contributed by atoms with Crippen LogP contribution in [0.2, 0.25) is 0 Å². The molecule has 1 unspecified atom stereocenters. The summed E-state index contributed by atoms with van der Waals surface area (Å²) in [6, 6.07) is 14.4. The zero-order valence-electron chi connectivity index (χ0n) is 18.7. The highest BCUT2D eigenvalue weighted by atomic mass is 127. The molecule has 0 radical (unpaired) electrons. The highest BCUT2D eigenvalue weighted by Gasteiger charge is 2.14. The molecule has 1 atom stereocenters. The molecule has 2 aromatic carbocycles. The number of methoxy groups -OCH3 is 2. The molecule has 0 spiro atoms. The maximum absolute atomic E-state index is 5.53. The molecule has 0 aliphatic carbocycles. The summed E-state index contributed by atoms with van der Waals surface area (Å²) < 4.78 is 10.9. The first-order chi connectivity index (χ1) is 14.6. The van der Waals surface area contributed by atoms with Gasteiger partial charge in [-0.2, -0.15) is 0 Å². The Bertz CT molecular complexity index is 876. The van der Waals surface area contributed by atoms with Crippen molar-refractivity contribution in [3.8, 4) is 11.5 Å². The molecule has 3 rings (SSSR count). The van der Waals surface area contributed by atoms with Gasteiger partial charge >= 0.3 is 0 Å². The van der Waals surface area contributed by atoms with Gasteiger partial charge in [-0.25, -0.2) is 4.99 Å². The number of anilines is 1. The minimum atomic E-state index is -0.00195. The summed E-state index contributed by atoms with van der Waals surface area (Å²) in [6.45, 7) is 7.51. The zero-order chi connectivity index (χ0) is 21.3. The van der Waals surface area contributed by atoms with Gasteiger partial charge in [0.1, 0.15) is 11.5 Å². The second-order valence-corrected chi connectivity index (χ2v) is 7.21. The largest absolute Gasteiger partial charge is 0.497 e. The van der Waals surface area contributed by atoms with E-state index in [-0.39, 0.29) is 30.0 Å². The number of rotatable bonds is 8. The molecule has 0 saturated heterocycles. The monoisotopic (exact) mass is 536 g/mol. The Morgan fingerprint density at radius 1 is 1.06 bits per heavy atom. The van der Waals surface area contributed by atoms with Crippen molar-refractivity contribution in [2.45, 2.75) is 26.4 Å². The summed E-state index contributed by atoms with van der Waals surface area (Å²) in [5.74, 6) is 2.39. The molecule has 2 N–H and O–H groups in total. The van der Waals surface area contributed by atoms with Crippen molar-refractivity contribution in [2.24, 2.45) is 4.99 Å². The van der Waals surface area contributed by atoms with Crippen LogP contribution in [0.1, 0.15) is 31.0 Å². The minimum Gasteiger partial charge on any atom is -0.497 e. The van der Waals surface area contributed by atoms with Gasteiger partial charge in [0.15, 0.2) is 5.96 Å². The quantitative estimate of drug-likeness (QED) is 0.225. The predicted molar refractivity (Wildman–Crippen MR) is 139 cm³/mol. The van der Waals surface area contributed by atoms with E-state index in [1.165, 1.54) is 11.3 Å². The van der Waals surface area contributed by atoms with Crippen molar-refractivity contribution in [3.05, 3.63) is 65.7 Å². The summed E-state index contributed by atoms with van der Waals surface area (Å²) in [6.07, 6.45) is 4.40. The molecule has 2 aromatic rings. The van der Waals surface area contributed by atoms with Crippen molar-refractivity contribution >= 4 is 35.6 Å². The molecule has 6 nitrogen and oxygen atoms in total. The topological polar surface area (TPSA) is 58.1 Å². The third-order valence-corrected chi connectivity index (χ3v) is 5.14. The van der Waals surface area contributed by atoms with Gasteiger partial charge in [0, 0.05) is 30.9 Å². The number of hydrogen-bond donors (Lipinski definition) is 2. The standard InChI is InChI=1S/C24H32N4O2.HI/c1-5-25-24(27-18(2)22-16-21(29-3)12-13-23(22)30-4)26-17-19-8-10-20(11-9-19)28-14-6-7-15-28;/h6-13,16,18H,5,14-15,17H2,1-4H3,(H2,25,26,27);1H. The number of aliphatic imine (C=N–C) groups is 1. The predicted octanol–water partition coefficient (Wildman–Crippen LogP) is 4.51. The van der Waals surface area contributed by atoms with E-state index < -0.39 is 0 Å². The van der Waals surface area contributed by atoms with Crippen LogP contribution in [0.5, 0.6) is 11.5 Å². The lowest BCUT2D eigenvalue weighted by atomic mass is 10.1. The van der Waals surface area contributed by atoms with E-state index in [9.17, 15) is 0 Å². The van der Waals surface area contributed by atoms with E-state index >= 15 is 0 Å². The van der Waals surface area contributed by atoms with Crippen LogP contribution in [0.3, 0.4) is 0 Å². The van der Waals surface area contributed by atoms with Gasteiger partial charge in [-0.15, -0.1) is 24.0 Å². The van der Waals surface area contributed by atoms with Crippen LogP contribution in [-0.4, -0.2) is 39.8 Å². The van der Waals surface area contributed by atoms with Crippen LogP contribution >= 0.6 is 24.0 Å². The number of benzene rings is 2. The molecule has 1 aliphatic heterocycles. The Morgan fingerprint density at radius 2 is 1.77 bits per heavy atom. The SMILES string of the molecule is CCNC(=NCc1ccc(N2CC=CC2)cc1)NC(C)c1cc(OC)ccc1OC.I. The molecule has 168 valence electrons. The van der Waals surface area contributed by atoms with E-state index in [1.54, 1.807) is 14.2 Å². The third-order valence-electron chi connectivity index (χ3n) is 5.14. The van der Waals surface area contributed by atoms with E-state index in [0.29, 0.717) is 6.54 Å².